The van der Waals surface area contributed by atoms with Gasteiger partial charge in [-0.2, -0.15) is 20.8 Å². The van der Waals surface area contributed by atoms with Crippen molar-refractivity contribution >= 4 is 13.6 Å². The third-order valence-corrected chi connectivity index (χ3v) is 1.10. The van der Waals surface area contributed by atoms with Crippen molar-refractivity contribution in [3.05, 3.63) is 17.3 Å². The van der Waals surface area contributed by atoms with E-state index in [2.05, 4.69) is 53.0 Å². The number of hydrogen-bond acceptors (Lipinski definition) is 2. The molecule has 16 heavy (non-hydrogen) atoms. The summed E-state index contributed by atoms with van der Waals surface area (Å²) in [7, 11) is 0. The second-order valence-electron chi connectivity index (χ2n) is 3.35. The van der Waals surface area contributed by atoms with Gasteiger partial charge in [-0.25, -0.2) is 6.57 Å². The van der Waals surface area contributed by atoms with E-state index in [4.69, 9.17) is 16.2 Å². The quantitative estimate of drug-likeness (QED) is 0.446. The molecule has 0 spiro atoms. The van der Waals surface area contributed by atoms with Crippen molar-refractivity contribution in [2.24, 2.45) is 5.92 Å². The minimum atomic E-state index is 0. The molecule has 0 aliphatic carbocycles. The van der Waals surface area contributed by atoms with Crippen LogP contribution in [-0.2, 0) is 29.1 Å². The fourth-order valence-corrected chi connectivity index (χ4v) is 0.285. The Labute approximate surface area is 114 Å². The molecule has 0 aromatic rings. The Kier molecular flexibility index (Phi) is 67.6. The molecule has 0 aromatic heterocycles. The molecular formula is C12H22NO2Ru+. The predicted octanol–water partition coefficient (Wildman–Crippen LogP) is 3.02. The van der Waals surface area contributed by atoms with Crippen molar-refractivity contribution < 1.29 is 29.1 Å². The Bertz CT molecular complexity index is 131. The standard InChI is InChI=1S/C6H11N.C4H9.2CHO.Ru/c1-4-6(2)5-7-3;1-4(2)3;2*1-2;/h6H,4-5H2,1-2H3;1-3H3;2*1H;/q;3*-1;+4. The Balaban J connectivity index is -0.0000000388. The Hall–Kier alpha value is -0.547. The van der Waals surface area contributed by atoms with E-state index in [9.17, 15) is 0 Å². The molecule has 1 unspecified atom stereocenters. The van der Waals surface area contributed by atoms with Crippen LogP contribution in [0, 0.1) is 18.4 Å². The fourth-order valence-electron chi connectivity index (χ4n) is 0.285. The van der Waals surface area contributed by atoms with Gasteiger partial charge in [-0.3, -0.25) is 13.6 Å². The van der Waals surface area contributed by atoms with Gasteiger partial charge in [0.1, 0.15) is 0 Å². The van der Waals surface area contributed by atoms with E-state index in [0.717, 1.165) is 6.42 Å². The molecule has 0 N–H and O–H groups in total. The first-order chi connectivity index (χ1) is 7.04. The number of nitrogens with zero attached hydrogens (tertiary/aromatic N) is 1. The van der Waals surface area contributed by atoms with E-state index in [1.807, 2.05) is 0 Å². The molecule has 0 fully saturated rings. The molecule has 94 valence electrons. The van der Waals surface area contributed by atoms with Crippen LogP contribution in [-0.4, -0.2) is 20.1 Å². The maximum Gasteiger partial charge on any atom is 4.00 e. The molecule has 4 heteroatoms. The van der Waals surface area contributed by atoms with Crippen molar-refractivity contribution in [3.63, 3.8) is 0 Å². The Morgan fingerprint density at radius 1 is 1.19 bits per heavy atom. The summed E-state index contributed by atoms with van der Waals surface area (Å²) in [4.78, 5) is 18.8. The Morgan fingerprint density at radius 3 is 1.50 bits per heavy atom. The monoisotopic (exact) mass is 314 g/mol. The average Bonchev–Trinajstić information content (AvgIpc) is 2.23. The van der Waals surface area contributed by atoms with Crippen molar-refractivity contribution in [2.75, 3.05) is 6.54 Å². The molecule has 0 bridgehead atoms. The minimum Gasteiger partial charge on any atom is -0.545 e. The van der Waals surface area contributed by atoms with E-state index in [1.165, 1.54) is 5.92 Å². The van der Waals surface area contributed by atoms with Crippen LogP contribution in [0.3, 0.4) is 0 Å². The van der Waals surface area contributed by atoms with Gasteiger partial charge in [0.25, 0.3) is 0 Å². The molecule has 0 saturated carbocycles. The molecular weight excluding hydrogens is 291 g/mol. The summed E-state index contributed by atoms with van der Waals surface area (Å²) in [6, 6.07) is 0. The van der Waals surface area contributed by atoms with E-state index in [-0.39, 0.29) is 19.5 Å². The molecule has 0 rings (SSSR count). The average molecular weight is 313 g/mol. The van der Waals surface area contributed by atoms with Crippen LogP contribution in [0.4, 0.5) is 0 Å². The summed E-state index contributed by atoms with van der Waals surface area (Å²) in [5.41, 5.74) is 0. The van der Waals surface area contributed by atoms with Crippen LogP contribution in [0.25, 0.3) is 4.85 Å². The van der Waals surface area contributed by atoms with Crippen LogP contribution in [0.15, 0.2) is 0 Å². The smallest absolute Gasteiger partial charge is 0.545 e. The number of hydrogen-bond donors (Lipinski definition) is 0. The van der Waals surface area contributed by atoms with Crippen molar-refractivity contribution in [3.8, 4) is 0 Å². The summed E-state index contributed by atoms with van der Waals surface area (Å²) >= 11 is 0. The second-order valence-corrected chi connectivity index (χ2v) is 3.35. The summed E-state index contributed by atoms with van der Waals surface area (Å²) in [6.07, 6.45) is 1.13. The van der Waals surface area contributed by atoms with Gasteiger partial charge < -0.3 is 20.4 Å². The first kappa shape index (κ1) is 29.5. The van der Waals surface area contributed by atoms with Crippen LogP contribution in [0.1, 0.15) is 41.0 Å². The second kappa shape index (κ2) is 36.6. The fraction of sp³-hybridized carbons (Fsp3) is 0.667. The molecule has 1 atom stereocenters. The minimum absolute atomic E-state index is 0. The van der Waals surface area contributed by atoms with Gasteiger partial charge in [0.2, 0.25) is 6.54 Å². The van der Waals surface area contributed by atoms with Gasteiger partial charge in [-0.1, -0.05) is 13.8 Å². The summed E-state index contributed by atoms with van der Waals surface area (Å²) in [5, 5.41) is 0. The molecule has 0 amide bonds. The first-order valence-corrected chi connectivity index (χ1v) is 4.61. The van der Waals surface area contributed by atoms with E-state index >= 15 is 0 Å². The zero-order chi connectivity index (χ0) is 13.3. The maximum atomic E-state index is 7.75. The zero-order valence-corrected chi connectivity index (χ0v) is 12.5. The molecule has 0 heterocycles. The summed E-state index contributed by atoms with van der Waals surface area (Å²) in [6.45, 7) is 24.1. The third-order valence-electron chi connectivity index (χ3n) is 1.10. The van der Waals surface area contributed by atoms with Crippen molar-refractivity contribution in [1.29, 1.82) is 0 Å². The van der Waals surface area contributed by atoms with Crippen LogP contribution in [0.5, 0.6) is 0 Å². The van der Waals surface area contributed by atoms with Crippen LogP contribution >= 0.6 is 0 Å². The van der Waals surface area contributed by atoms with Gasteiger partial charge in [-0.15, -0.1) is 0 Å². The van der Waals surface area contributed by atoms with Crippen molar-refractivity contribution in [2.45, 2.75) is 41.0 Å². The zero-order valence-electron chi connectivity index (χ0n) is 10.8. The van der Waals surface area contributed by atoms with Crippen LogP contribution in [0.2, 0.25) is 0 Å². The Morgan fingerprint density at radius 2 is 1.44 bits per heavy atom. The number of rotatable bonds is 2. The van der Waals surface area contributed by atoms with E-state index < -0.39 is 0 Å². The summed E-state index contributed by atoms with van der Waals surface area (Å²) in [5.74, 6) is 2.01. The predicted molar refractivity (Wildman–Crippen MR) is 64.7 cm³/mol. The van der Waals surface area contributed by atoms with E-state index in [0.29, 0.717) is 12.5 Å². The molecule has 0 aromatic carbocycles. The molecule has 0 radical (unpaired) electrons. The van der Waals surface area contributed by atoms with Gasteiger partial charge in [0, 0.05) is 5.92 Å². The van der Waals surface area contributed by atoms with Gasteiger partial charge in [-0.05, 0) is 6.42 Å². The topological polar surface area (TPSA) is 38.5 Å². The molecule has 0 aliphatic heterocycles. The first-order valence-electron chi connectivity index (χ1n) is 4.61. The number of carbonyl (C=O) groups excluding carboxylic acids is 2. The van der Waals surface area contributed by atoms with Crippen LogP contribution < -0.4 is 0 Å². The van der Waals surface area contributed by atoms with Gasteiger partial charge >= 0.3 is 19.5 Å². The van der Waals surface area contributed by atoms with Crippen molar-refractivity contribution in [1.82, 2.24) is 0 Å². The molecule has 0 aliphatic rings. The summed E-state index contributed by atoms with van der Waals surface area (Å²) < 4.78 is 0. The van der Waals surface area contributed by atoms with Gasteiger partial charge in [0.05, 0.1) is 0 Å². The SMILES string of the molecule is C[C-](C)C.[C-]#[N+]CC(C)CC.[CH-]=O.[CH-]=O.[Ru+4]. The maximum absolute atomic E-state index is 7.75. The molecule has 3 nitrogen and oxygen atoms in total. The van der Waals surface area contributed by atoms with Gasteiger partial charge in [0.15, 0.2) is 0 Å². The normalized spacial score (nSPS) is 8.31. The third kappa shape index (κ3) is 105. The largest absolute Gasteiger partial charge is 4.00 e. The molecule has 0 saturated heterocycles. The van der Waals surface area contributed by atoms with E-state index in [1.54, 1.807) is 0 Å².